The summed E-state index contributed by atoms with van der Waals surface area (Å²) in [7, 11) is 0. The summed E-state index contributed by atoms with van der Waals surface area (Å²) in [5.74, 6) is 0.0138. The van der Waals surface area contributed by atoms with Crippen LogP contribution >= 0.6 is 12.2 Å². The number of benzene rings is 1. The second kappa shape index (κ2) is 7.63. The maximum atomic E-state index is 13.0. The Bertz CT molecular complexity index is 725. The van der Waals surface area contributed by atoms with Gasteiger partial charge in [0, 0.05) is 19.0 Å². The Labute approximate surface area is 154 Å². The van der Waals surface area contributed by atoms with Gasteiger partial charge in [-0.2, -0.15) is 18.2 Å². The first-order chi connectivity index (χ1) is 12.0. The molecule has 142 valence electrons. The van der Waals surface area contributed by atoms with E-state index in [2.05, 4.69) is 17.2 Å². The van der Waals surface area contributed by atoms with E-state index in [4.69, 9.17) is 9.47 Å². The molecule has 0 radical (unpaired) electrons. The van der Waals surface area contributed by atoms with Crippen LogP contribution in [0, 0.1) is 0 Å². The van der Waals surface area contributed by atoms with Gasteiger partial charge in [0.15, 0.2) is 0 Å². The number of ether oxygens (including phenoxy) is 2. The number of alkyl halides is 3. The molecule has 1 atom stereocenters. The summed E-state index contributed by atoms with van der Waals surface area (Å²) in [5, 5.41) is 2.04. The summed E-state index contributed by atoms with van der Waals surface area (Å²) in [4.78, 5) is 17.1. The number of carbonyl (C=O) groups is 1. The van der Waals surface area contributed by atoms with Crippen LogP contribution in [0.5, 0.6) is 5.75 Å². The molecule has 0 unspecified atom stereocenters. The van der Waals surface area contributed by atoms with Crippen molar-refractivity contribution in [2.45, 2.75) is 45.1 Å². The van der Waals surface area contributed by atoms with Crippen molar-refractivity contribution >= 4 is 29.2 Å². The van der Waals surface area contributed by atoms with Crippen molar-refractivity contribution in [1.29, 1.82) is 0 Å². The van der Waals surface area contributed by atoms with E-state index in [0.29, 0.717) is 13.0 Å². The second-order valence-corrected chi connectivity index (χ2v) is 7.05. The lowest BCUT2D eigenvalue weighted by Crippen LogP contribution is -2.36. The van der Waals surface area contributed by atoms with Gasteiger partial charge in [-0.1, -0.05) is 0 Å². The van der Waals surface area contributed by atoms with Crippen molar-refractivity contribution in [1.82, 2.24) is 4.90 Å². The van der Waals surface area contributed by atoms with Gasteiger partial charge in [0.25, 0.3) is 0 Å². The number of isothiocyanates is 1. The molecule has 0 N–H and O–H groups in total. The zero-order valence-corrected chi connectivity index (χ0v) is 15.4. The van der Waals surface area contributed by atoms with Gasteiger partial charge in [-0.15, -0.1) is 0 Å². The lowest BCUT2D eigenvalue weighted by molar-refractivity contribution is -0.137. The van der Waals surface area contributed by atoms with Crippen LogP contribution in [-0.4, -0.2) is 40.9 Å². The fraction of sp³-hybridized carbons (Fsp3) is 0.529. The Balaban J connectivity index is 2.10. The molecule has 1 heterocycles. The molecule has 0 aliphatic carbocycles. The molecule has 1 aromatic carbocycles. The van der Waals surface area contributed by atoms with Gasteiger partial charge < -0.3 is 14.4 Å². The van der Waals surface area contributed by atoms with Crippen LogP contribution in [-0.2, 0) is 10.9 Å². The van der Waals surface area contributed by atoms with Gasteiger partial charge in [0.05, 0.1) is 23.0 Å². The lowest BCUT2D eigenvalue weighted by Gasteiger charge is -2.24. The molecule has 1 aliphatic heterocycles. The predicted octanol–water partition coefficient (Wildman–Crippen LogP) is 4.83. The molecule has 0 bridgehead atoms. The Morgan fingerprint density at radius 3 is 2.58 bits per heavy atom. The van der Waals surface area contributed by atoms with Gasteiger partial charge in [0.1, 0.15) is 17.5 Å². The third kappa shape index (κ3) is 5.71. The smallest absolute Gasteiger partial charge is 0.416 e. The maximum Gasteiger partial charge on any atom is 0.416 e. The van der Waals surface area contributed by atoms with E-state index in [-0.39, 0.29) is 18.0 Å². The van der Waals surface area contributed by atoms with E-state index < -0.39 is 29.5 Å². The van der Waals surface area contributed by atoms with Gasteiger partial charge in [-0.3, -0.25) is 0 Å². The molecule has 0 saturated carbocycles. The number of amides is 1. The normalized spacial score (nSPS) is 17.6. The van der Waals surface area contributed by atoms with Crippen molar-refractivity contribution in [2.75, 3.05) is 13.1 Å². The first-order valence-electron chi connectivity index (χ1n) is 7.93. The largest absolute Gasteiger partial charge is 0.488 e. The SMILES string of the molecule is CC(C)(C)OC(=O)N1CC[C@@H](Oc2cc(N=C=S)cc(C(F)(F)F)c2)C1. The highest BCUT2D eigenvalue weighted by atomic mass is 32.1. The molecule has 5 nitrogen and oxygen atoms in total. The number of thiocarbonyl (C=S) groups is 1. The molecule has 0 spiro atoms. The number of hydrogen-bond donors (Lipinski definition) is 0. The predicted molar refractivity (Wildman–Crippen MR) is 93.0 cm³/mol. The fourth-order valence-corrected chi connectivity index (χ4v) is 2.55. The summed E-state index contributed by atoms with van der Waals surface area (Å²) in [6, 6.07) is 3.12. The van der Waals surface area contributed by atoms with Crippen molar-refractivity contribution in [2.24, 2.45) is 4.99 Å². The molecule has 1 fully saturated rings. The van der Waals surface area contributed by atoms with E-state index >= 15 is 0 Å². The van der Waals surface area contributed by atoms with E-state index in [9.17, 15) is 18.0 Å². The zero-order chi connectivity index (χ0) is 19.5. The topological polar surface area (TPSA) is 51.1 Å². The van der Waals surface area contributed by atoms with Crippen molar-refractivity contribution in [3.63, 3.8) is 0 Å². The minimum absolute atomic E-state index is 0.00632. The highest BCUT2D eigenvalue weighted by Gasteiger charge is 2.33. The fourth-order valence-electron chi connectivity index (χ4n) is 2.44. The van der Waals surface area contributed by atoms with Crippen LogP contribution in [0.2, 0.25) is 0 Å². The summed E-state index contributed by atoms with van der Waals surface area (Å²) in [5.41, 5.74) is -1.50. The van der Waals surface area contributed by atoms with Crippen molar-refractivity contribution < 1.29 is 27.4 Å². The summed E-state index contributed by atoms with van der Waals surface area (Å²) < 4.78 is 50.0. The molecular weight excluding hydrogens is 369 g/mol. The molecule has 2 rings (SSSR count). The monoisotopic (exact) mass is 388 g/mol. The Morgan fingerprint density at radius 2 is 2.00 bits per heavy atom. The van der Waals surface area contributed by atoms with E-state index in [0.717, 1.165) is 12.1 Å². The van der Waals surface area contributed by atoms with E-state index in [1.807, 2.05) is 5.16 Å². The maximum absolute atomic E-state index is 13.0. The van der Waals surface area contributed by atoms with Crippen molar-refractivity contribution in [3.05, 3.63) is 23.8 Å². The third-order valence-corrected chi connectivity index (χ3v) is 3.58. The van der Waals surface area contributed by atoms with Gasteiger partial charge in [0.2, 0.25) is 0 Å². The van der Waals surface area contributed by atoms with Crippen LogP contribution < -0.4 is 4.74 Å². The van der Waals surface area contributed by atoms with Crippen LogP contribution in [0.1, 0.15) is 32.8 Å². The zero-order valence-electron chi connectivity index (χ0n) is 14.6. The lowest BCUT2D eigenvalue weighted by atomic mass is 10.2. The minimum atomic E-state index is -4.54. The minimum Gasteiger partial charge on any atom is -0.488 e. The highest BCUT2D eigenvalue weighted by Crippen LogP contribution is 2.35. The summed E-state index contributed by atoms with van der Waals surface area (Å²) >= 11 is 4.45. The molecule has 1 aliphatic rings. The summed E-state index contributed by atoms with van der Waals surface area (Å²) in [6.07, 6.45) is -4.96. The average molecular weight is 388 g/mol. The number of likely N-dealkylation sites (tertiary alicyclic amines) is 1. The summed E-state index contributed by atoms with van der Waals surface area (Å²) in [6.45, 7) is 5.92. The molecular formula is C17H19F3N2O3S. The average Bonchev–Trinajstić information content (AvgIpc) is 2.93. The van der Waals surface area contributed by atoms with Crippen LogP contribution in [0.3, 0.4) is 0 Å². The van der Waals surface area contributed by atoms with Crippen LogP contribution in [0.25, 0.3) is 0 Å². The Hall–Kier alpha value is -2.12. The quantitative estimate of drug-likeness (QED) is 0.550. The van der Waals surface area contributed by atoms with E-state index in [1.54, 1.807) is 20.8 Å². The molecule has 1 aromatic rings. The standard InChI is InChI=1S/C17H19F3N2O3S/c1-16(2,3)25-15(23)22-5-4-13(9-22)24-14-7-11(17(18,19)20)6-12(8-14)21-10-26/h6-8,13H,4-5,9H2,1-3H3/t13-/m1/s1. The number of nitrogens with zero attached hydrogens (tertiary/aromatic N) is 2. The number of halogens is 3. The first-order valence-corrected chi connectivity index (χ1v) is 8.33. The highest BCUT2D eigenvalue weighted by molar-refractivity contribution is 7.78. The number of hydrogen-bond acceptors (Lipinski definition) is 5. The molecule has 1 amide bonds. The molecule has 26 heavy (non-hydrogen) atoms. The number of aliphatic imine (C=N–C) groups is 1. The van der Waals surface area contributed by atoms with Gasteiger partial charge >= 0.3 is 12.3 Å². The Kier molecular flexibility index (Phi) is 5.93. The number of carbonyl (C=O) groups excluding carboxylic acids is 1. The van der Waals surface area contributed by atoms with Crippen molar-refractivity contribution in [3.8, 4) is 5.75 Å². The van der Waals surface area contributed by atoms with Crippen LogP contribution in [0.15, 0.2) is 23.2 Å². The first kappa shape index (κ1) is 20.2. The van der Waals surface area contributed by atoms with E-state index in [1.165, 1.54) is 11.0 Å². The van der Waals surface area contributed by atoms with Gasteiger partial charge in [-0.05, 0) is 45.1 Å². The molecule has 0 aromatic heterocycles. The second-order valence-electron chi connectivity index (χ2n) is 6.87. The molecule has 9 heteroatoms. The number of rotatable bonds is 3. The van der Waals surface area contributed by atoms with Gasteiger partial charge in [-0.25, -0.2) is 4.79 Å². The third-order valence-electron chi connectivity index (χ3n) is 3.49. The van der Waals surface area contributed by atoms with Crippen LogP contribution in [0.4, 0.5) is 23.7 Å². The molecule has 1 saturated heterocycles. The Morgan fingerprint density at radius 1 is 1.31 bits per heavy atom.